The predicted octanol–water partition coefficient (Wildman–Crippen LogP) is 7.33. The number of rotatable bonds is 9. The molecule has 0 aliphatic carbocycles. The van der Waals surface area contributed by atoms with Crippen molar-refractivity contribution in [2.45, 2.75) is 19.6 Å². The molecule has 3 aromatic rings. The van der Waals surface area contributed by atoms with Gasteiger partial charge >= 0.3 is 0 Å². The molecule has 0 radical (unpaired) electrons. The van der Waals surface area contributed by atoms with E-state index in [4.69, 9.17) is 44.3 Å². The van der Waals surface area contributed by atoms with E-state index in [-0.39, 0.29) is 0 Å². The van der Waals surface area contributed by atoms with Gasteiger partial charge in [-0.2, -0.15) is 0 Å². The van der Waals surface area contributed by atoms with Gasteiger partial charge < -0.3 is 14.8 Å². The Hall–Kier alpha value is -1.43. The molecule has 0 fully saturated rings. The van der Waals surface area contributed by atoms with Gasteiger partial charge in [0.25, 0.3) is 0 Å². The highest BCUT2D eigenvalue weighted by molar-refractivity contribution is 9.10. The highest BCUT2D eigenvalue weighted by Crippen LogP contribution is 2.37. The minimum Gasteiger partial charge on any atom is -0.493 e. The van der Waals surface area contributed by atoms with Gasteiger partial charge in [-0.25, -0.2) is 0 Å². The molecule has 7 heteroatoms. The van der Waals surface area contributed by atoms with Crippen LogP contribution >= 0.6 is 50.7 Å². The van der Waals surface area contributed by atoms with E-state index in [0.717, 1.165) is 33.6 Å². The molecular weight excluding hydrogens is 509 g/mol. The van der Waals surface area contributed by atoms with Crippen molar-refractivity contribution in [2.24, 2.45) is 0 Å². The number of hydrogen-bond donors (Lipinski definition) is 1. The molecule has 0 saturated heterocycles. The number of benzene rings is 3. The normalized spacial score (nSPS) is 10.8. The zero-order valence-electron chi connectivity index (χ0n) is 16.4. The Bertz CT molecular complexity index is 996. The third kappa shape index (κ3) is 6.29. The van der Waals surface area contributed by atoms with E-state index in [2.05, 4.69) is 21.2 Å². The lowest BCUT2D eigenvalue weighted by Gasteiger charge is -2.18. The lowest BCUT2D eigenvalue weighted by atomic mass is 10.1. The van der Waals surface area contributed by atoms with Crippen LogP contribution in [0.25, 0.3) is 0 Å². The van der Waals surface area contributed by atoms with Crippen molar-refractivity contribution in [3.8, 4) is 11.5 Å². The van der Waals surface area contributed by atoms with Crippen LogP contribution in [0.5, 0.6) is 11.5 Å². The third-order valence-corrected chi connectivity index (χ3v) is 6.16. The van der Waals surface area contributed by atoms with E-state index in [1.807, 2.05) is 42.5 Å². The molecule has 0 unspecified atom stereocenters. The Morgan fingerprint density at radius 1 is 0.933 bits per heavy atom. The van der Waals surface area contributed by atoms with Crippen LogP contribution in [0.1, 0.15) is 16.7 Å². The fraction of sp³-hybridized carbons (Fsp3) is 0.217. The van der Waals surface area contributed by atoms with Gasteiger partial charge in [0.1, 0.15) is 6.61 Å². The third-order valence-electron chi connectivity index (χ3n) is 4.58. The Balaban J connectivity index is 1.69. The van der Waals surface area contributed by atoms with Gasteiger partial charge in [0, 0.05) is 37.2 Å². The molecule has 0 aliphatic heterocycles. The van der Waals surface area contributed by atoms with E-state index in [1.165, 1.54) is 5.56 Å². The van der Waals surface area contributed by atoms with Crippen LogP contribution in [0, 0.1) is 0 Å². The van der Waals surface area contributed by atoms with Crippen molar-refractivity contribution < 1.29 is 9.47 Å². The highest BCUT2D eigenvalue weighted by atomic mass is 79.9. The summed E-state index contributed by atoms with van der Waals surface area (Å²) in [6.07, 6.45) is 0.898. The molecule has 0 aromatic heterocycles. The summed E-state index contributed by atoms with van der Waals surface area (Å²) in [4.78, 5) is 0. The summed E-state index contributed by atoms with van der Waals surface area (Å²) in [7, 11) is 1.63. The molecule has 158 valence electrons. The first-order chi connectivity index (χ1) is 14.5. The standard InChI is InChI=1S/C23H21BrCl3NO2/c1-29-22-9-8-20(24)19(13-28-11-10-15-2-5-17(25)6-3-15)23(22)30-14-16-4-7-18(26)12-21(16)27/h2-9,12,28H,10-11,13-14H2,1H3. The van der Waals surface area contributed by atoms with Crippen LogP contribution in [0.3, 0.4) is 0 Å². The van der Waals surface area contributed by atoms with Gasteiger partial charge in [0.15, 0.2) is 11.5 Å². The van der Waals surface area contributed by atoms with E-state index >= 15 is 0 Å². The van der Waals surface area contributed by atoms with Crippen molar-refractivity contribution in [1.82, 2.24) is 5.32 Å². The van der Waals surface area contributed by atoms with E-state index in [0.29, 0.717) is 34.7 Å². The molecule has 0 spiro atoms. The van der Waals surface area contributed by atoms with Gasteiger partial charge in [0.2, 0.25) is 0 Å². The maximum Gasteiger partial charge on any atom is 0.167 e. The maximum absolute atomic E-state index is 6.29. The van der Waals surface area contributed by atoms with Gasteiger partial charge in [-0.05, 0) is 54.9 Å². The molecule has 0 amide bonds. The summed E-state index contributed by atoms with van der Waals surface area (Å²) < 4.78 is 12.6. The predicted molar refractivity (Wildman–Crippen MR) is 128 cm³/mol. The molecule has 0 atom stereocenters. The van der Waals surface area contributed by atoms with Crippen molar-refractivity contribution >= 4 is 50.7 Å². The first-order valence-electron chi connectivity index (χ1n) is 9.35. The molecule has 0 heterocycles. The van der Waals surface area contributed by atoms with Crippen molar-refractivity contribution in [2.75, 3.05) is 13.7 Å². The Labute approximate surface area is 200 Å². The molecule has 3 aromatic carbocycles. The summed E-state index contributed by atoms with van der Waals surface area (Å²) in [5, 5.41) is 5.38. The minimum atomic E-state index is 0.306. The van der Waals surface area contributed by atoms with Crippen LogP contribution in [0.15, 0.2) is 59.1 Å². The number of ether oxygens (including phenoxy) is 2. The van der Waals surface area contributed by atoms with Gasteiger partial charge in [-0.15, -0.1) is 0 Å². The second-order valence-electron chi connectivity index (χ2n) is 6.63. The molecule has 3 rings (SSSR count). The smallest absolute Gasteiger partial charge is 0.167 e. The molecule has 0 bridgehead atoms. The average molecular weight is 530 g/mol. The van der Waals surface area contributed by atoms with E-state index < -0.39 is 0 Å². The van der Waals surface area contributed by atoms with Crippen LogP contribution in [0.4, 0.5) is 0 Å². The number of halogens is 4. The van der Waals surface area contributed by atoms with Crippen molar-refractivity contribution in [3.63, 3.8) is 0 Å². The molecule has 3 nitrogen and oxygen atoms in total. The lowest BCUT2D eigenvalue weighted by Crippen LogP contribution is -2.18. The average Bonchev–Trinajstić information content (AvgIpc) is 2.73. The summed E-state index contributed by atoms with van der Waals surface area (Å²) in [6, 6.07) is 17.1. The topological polar surface area (TPSA) is 30.5 Å². The summed E-state index contributed by atoms with van der Waals surface area (Å²) >= 11 is 21.8. The Kier molecular flexibility index (Phi) is 8.72. The molecule has 1 N–H and O–H groups in total. The SMILES string of the molecule is COc1ccc(Br)c(CNCCc2ccc(Cl)cc2)c1OCc1ccc(Cl)cc1Cl. The maximum atomic E-state index is 6.29. The number of hydrogen-bond acceptors (Lipinski definition) is 3. The first kappa shape index (κ1) is 23.2. The number of nitrogens with one attached hydrogen (secondary N) is 1. The van der Waals surface area contributed by atoms with Crippen LogP contribution in [-0.2, 0) is 19.6 Å². The van der Waals surface area contributed by atoms with Gasteiger partial charge in [-0.3, -0.25) is 0 Å². The molecular formula is C23H21BrCl3NO2. The van der Waals surface area contributed by atoms with Crippen LogP contribution in [0.2, 0.25) is 15.1 Å². The lowest BCUT2D eigenvalue weighted by molar-refractivity contribution is 0.280. The Morgan fingerprint density at radius 3 is 2.37 bits per heavy atom. The van der Waals surface area contributed by atoms with Crippen molar-refractivity contribution in [1.29, 1.82) is 0 Å². The summed E-state index contributed by atoms with van der Waals surface area (Å²) in [5.74, 6) is 1.34. The molecule has 0 aliphatic rings. The zero-order valence-corrected chi connectivity index (χ0v) is 20.2. The second-order valence-corrected chi connectivity index (χ2v) is 8.77. The number of methoxy groups -OCH3 is 1. The quantitative estimate of drug-likeness (QED) is 0.295. The summed E-state index contributed by atoms with van der Waals surface area (Å²) in [5.41, 5.74) is 3.06. The van der Waals surface area contributed by atoms with Crippen LogP contribution < -0.4 is 14.8 Å². The molecule has 30 heavy (non-hydrogen) atoms. The first-order valence-corrected chi connectivity index (χ1v) is 11.3. The zero-order chi connectivity index (χ0) is 21.5. The molecule has 0 saturated carbocycles. The van der Waals surface area contributed by atoms with E-state index in [9.17, 15) is 0 Å². The Morgan fingerprint density at radius 2 is 1.67 bits per heavy atom. The fourth-order valence-corrected chi connectivity index (χ4v) is 3.99. The minimum absolute atomic E-state index is 0.306. The monoisotopic (exact) mass is 527 g/mol. The fourth-order valence-electron chi connectivity index (χ4n) is 2.95. The second kappa shape index (κ2) is 11.3. The summed E-state index contributed by atoms with van der Waals surface area (Å²) in [6.45, 7) is 1.74. The highest BCUT2D eigenvalue weighted by Gasteiger charge is 2.15. The van der Waals surface area contributed by atoms with E-state index in [1.54, 1.807) is 19.2 Å². The largest absolute Gasteiger partial charge is 0.493 e. The van der Waals surface area contributed by atoms with Crippen molar-refractivity contribution in [3.05, 3.63) is 90.8 Å². The van der Waals surface area contributed by atoms with Gasteiger partial charge in [-0.1, -0.05) is 68.9 Å². The van der Waals surface area contributed by atoms with Gasteiger partial charge in [0.05, 0.1) is 7.11 Å². The van der Waals surface area contributed by atoms with Crippen LogP contribution in [-0.4, -0.2) is 13.7 Å².